The highest BCUT2D eigenvalue weighted by molar-refractivity contribution is 5.79. The van der Waals surface area contributed by atoms with Crippen LogP contribution in [0.1, 0.15) is 20.3 Å². The van der Waals surface area contributed by atoms with Gasteiger partial charge in [0.1, 0.15) is 0 Å². The number of hydrogen-bond donors (Lipinski definition) is 1. The zero-order chi connectivity index (χ0) is 9.47. The normalized spacial score (nSPS) is 32.0. The molecular formula is C10H18N2O. The Balaban J connectivity index is 1.84. The van der Waals surface area contributed by atoms with Crippen molar-refractivity contribution in [2.75, 3.05) is 26.2 Å². The SMILES string of the molecule is CC1(C)CC1CN1CCNCC1=O. The number of piperazine rings is 1. The molecule has 0 radical (unpaired) electrons. The van der Waals surface area contributed by atoms with Crippen LogP contribution in [0.2, 0.25) is 0 Å². The molecule has 1 N–H and O–H groups in total. The van der Waals surface area contributed by atoms with Crippen LogP contribution in [-0.2, 0) is 4.79 Å². The first-order chi connectivity index (χ1) is 6.09. The fraction of sp³-hybridized carbons (Fsp3) is 0.900. The van der Waals surface area contributed by atoms with Gasteiger partial charge in [-0.05, 0) is 17.8 Å². The number of carbonyl (C=O) groups is 1. The Bertz CT molecular complexity index is 225. The van der Waals surface area contributed by atoms with E-state index in [-0.39, 0.29) is 5.91 Å². The summed E-state index contributed by atoms with van der Waals surface area (Å²) < 4.78 is 0. The molecule has 1 atom stereocenters. The van der Waals surface area contributed by atoms with Gasteiger partial charge in [-0.3, -0.25) is 4.79 Å². The van der Waals surface area contributed by atoms with E-state index < -0.39 is 0 Å². The molecule has 0 bridgehead atoms. The van der Waals surface area contributed by atoms with Gasteiger partial charge in [-0.25, -0.2) is 0 Å². The monoisotopic (exact) mass is 182 g/mol. The summed E-state index contributed by atoms with van der Waals surface area (Å²) in [5.74, 6) is 1.02. The fourth-order valence-corrected chi connectivity index (χ4v) is 1.99. The maximum Gasteiger partial charge on any atom is 0.236 e. The van der Waals surface area contributed by atoms with Gasteiger partial charge >= 0.3 is 0 Å². The zero-order valence-corrected chi connectivity index (χ0v) is 8.47. The molecule has 13 heavy (non-hydrogen) atoms. The molecule has 74 valence electrons. The van der Waals surface area contributed by atoms with Crippen molar-refractivity contribution >= 4 is 5.91 Å². The molecule has 0 aromatic carbocycles. The van der Waals surface area contributed by atoms with E-state index in [0.29, 0.717) is 12.0 Å². The average Bonchev–Trinajstić information content (AvgIpc) is 2.64. The second-order valence-corrected chi connectivity index (χ2v) is 4.91. The van der Waals surface area contributed by atoms with E-state index in [0.717, 1.165) is 25.6 Å². The molecule has 1 aliphatic carbocycles. The van der Waals surface area contributed by atoms with Crippen LogP contribution in [0, 0.1) is 11.3 Å². The van der Waals surface area contributed by atoms with E-state index in [1.54, 1.807) is 0 Å². The smallest absolute Gasteiger partial charge is 0.236 e. The molecule has 0 aromatic rings. The van der Waals surface area contributed by atoms with Crippen molar-refractivity contribution in [2.24, 2.45) is 11.3 Å². The van der Waals surface area contributed by atoms with Crippen molar-refractivity contribution in [1.82, 2.24) is 10.2 Å². The Morgan fingerprint density at radius 2 is 2.31 bits per heavy atom. The standard InChI is InChI=1S/C10H18N2O/c1-10(2)5-8(10)7-12-4-3-11-6-9(12)13/h8,11H,3-7H2,1-2H3. The first-order valence-electron chi connectivity index (χ1n) is 5.08. The summed E-state index contributed by atoms with van der Waals surface area (Å²) in [4.78, 5) is 13.4. The lowest BCUT2D eigenvalue weighted by Crippen LogP contribution is -2.48. The number of rotatable bonds is 2. The summed E-state index contributed by atoms with van der Waals surface area (Å²) >= 11 is 0. The topological polar surface area (TPSA) is 32.3 Å². The van der Waals surface area contributed by atoms with Crippen LogP contribution < -0.4 is 5.32 Å². The molecule has 0 aromatic heterocycles. The molecule has 2 fully saturated rings. The zero-order valence-electron chi connectivity index (χ0n) is 8.47. The summed E-state index contributed by atoms with van der Waals surface area (Å²) in [5.41, 5.74) is 0.491. The van der Waals surface area contributed by atoms with Crippen molar-refractivity contribution in [1.29, 1.82) is 0 Å². The van der Waals surface area contributed by atoms with Crippen molar-refractivity contribution in [3.05, 3.63) is 0 Å². The van der Waals surface area contributed by atoms with E-state index >= 15 is 0 Å². The highest BCUT2D eigenvalue weighted by Crippen LogP contribution is 2.51. The summed E-state index contributed by atoms with van der Waals surface area (Å²) in [6, 6.07) is 0. The van der Waals surface area contributed by atoms with Crippen LogP contribution in [0.4, 0.5) is 0 Å². The lowest BCUT2D eigenvalue weighted by atomic mass is 10.1. The highest BCUT2D eigenvalue weighted by atomic mass is 16.2. The first-order valence-corrected chi connectivity index (χ1v) is 5.08. The van der Waals surface area contributed by atoms with Crippen LogP contribution in [0.15, 0.2) is 0 Å². The molecule has 3 heteroatoms. The van der Waals surface area contributed by atoms with Gasteiger partial charge in [-0.1, -0.05) is 13.8 Å². The van der Waals surface area contributed by atoms with Crippen molar-refractivity contribution in [2.45, 2.75) is 20.3 Å². The predicted octanol–water partition coefficient (Wildman–Crippen LogP) is 0.464. The lowest BCUT2D eigenvalue weighted by molar-refractivity contribution is -0.132. The molecule has 2 aliphatic rings. The van der Waals surface area contributed by atoms with Gasteiger partial charge < -0.3 is 10.2 Å². The van der Waals surface area contributed by atoms with Gasteiger partial charge in [0.25, 0.3) is 0 Å². The Labute approximate surface area is 79.5 Å². The molecule has 3 nitrogen and oxygen atoms in total. The van der Waals surface area contributed by atoms with Gasteiger partial charge in [-0.2, -0.15) is 0 Å². The predicted molar refractivity (Wildman–Crippen MR) is 51.3 cm³/mol. The number of hydrogen-bond acceptors (Lipinski definition) is 2. The summed E-state index contributed by atoms with van der Waals surface area (Å²) in [6.45, 7) is 7.93. The quantitative estimate of drug-likeness (QED) is 0.673. The summed E-state index contributed by atoms with van der Waals surface area (Å²) in [6.07, 6.45) is 1.28. The molecule has 1 unspecified atom stereocenters. The molecule has 2 rings (SSSR count). The van der Waals surface area contributed by atoms with Crippen molar-refractivity contribution in [3.63, 3.8) is 0 Å². The van der Waals surface area contributed by atoms with Crippen LogP contribution in [0.5, 0.6) is 0 Å². The van der Waals surface area contributed by atoms with Crippen LogP contribution in [-0.4, -0.2) is 37.0 Å². The number of nitrogens with zero attached hydrogens (tertiary/aromatic N) is 1. The largest absolute Gasteiger partial charge is 0.340 e. The van der Waals surface area contributed by atoms with Crippen molar-refractivity contribution < 1.29 is 4.79 Å². The van der Waals surface area contributed by atoms with Gasteiger partial charge in [-0.15, -0.1) is 0 Å². The maximum absolute atomic E-state index is 11.4. The van der Waals surface area contributed by atoms with Crippen LogP contribution in [0.25, 0.3) is 0 Å². The molecule has 0 spiro atoms. The minimum absolute atomic E-state index is 0.272. The fourth-order valence-electron chi connectivity index (χ4n) is 1.99. The Morgan fingerprint density at radius 1 is 1.62 bits per heavy atom. The maximum atomic E-state index is 11.4. The summed E-state index contributed by atoms with van der Waals surface area (Å²) in [7, 11) is 0. The van der Waals surface area contributed by atoms with Gasteiger partial charge in [0.05, 0.1) is 6.54 Å². The van der Waals surface area contributed by atoms with E-state index in [4.69, 9.17) is 0 Å². The summed E-state index contributed by atoms with van der Waals surface area (Å²) in [5, 5.41) is 3.09. The highest BCUT2D eigenvalue weighted by Gasteiger charge is 2.46. The molecule has 1 aliphatic heterocycles. The minimum Gasteiger partial charge on any atom is -0.340 e. The van der Waals surface area contributed by atoms with Crippen LogP contribution in [0.3, 0.4) is 0 Å². The average molecular weight is 182 g/mol. The Morgan fingerprint density at radius 3 is 2.85 bits per heavy atom. The van der Waals surface area contributed by atoms with Crippen LogP contribution >= 0.6 is 0 Å². The Kier molecular flexibility index (Phi) is 2.06. The molecule has 1 amide bonds. The van der Waals surface area contributed by atoms with Crippen molar-refractivity contribution in [3.8, 4) is 0 Å². The van der Waals surface area contributed by atoms with Gasteiger partial charge in [0, 0.05) is 19.6 Å². The molecule has 1 heterocycles. The molecular weight excluding hydrogens is 164 g/mol. The third-order valence-corrected chi connectivity index (χ3v) is 3.35. The number of nitrogens with one attached hydrogen (secondary N) is 1. The van der Waals surface area contributed by atoms with E-state index in [9.17, 15) is 4.79 Å². The van der Waals surface area contributed by atoms with E-state index in [1.165, 1.54) is 6.42 Å². The third kappa shape index (κ3) is 1.85. The number of carbonyl (C=O) groups excluding carboxylic acids is 1. The van der Waals surface area contributed by atoms with Gasteiger partial charge in [0.2, 0.25) is 5.91 Å². The minimum atomic E-state index is 0.272. The second kappa shape index (κ2) is 2.98. The lowest BCUT2D eigenvalue weighted by Gasteiger charge is -2.27. The Hall–Kier alpha value is -0.570. The van der Waals surface area contributed by atoms with E-state index in [2.05, 4.69) is 19.2 Å². The third-order valence-electron chi connectivity index (χ3n) is 3.35. The van der Waals surface area contributed by atoms with Gasteiger partial charge in [0.15, 0.2) is 0 Å². The molecule has 1 saturated heterocycles. The first kappa shape index (κ1) is 9.00. The number of amides is 1. The second-order valence-electron chi connectivity index (χ2n) is 4.91. The molecule has 1 saturated carbocycles. The van der Waals surface area contributed by atoms with E-state index in [1.807, 2.05) is 4.90 Å².